The zero-order valence-electron chi connectivity index (χ0n) is 19.3. The van der Waals surface area contributed by atoms with Crippen LogP contribution in [0.1, 0.15) is 40.1 Å². The second-order valence-corrected chi connectivity index (χ2v) is 8.54. The van der Waals surface area contributed by atoms with Gasteiger partial charge in [0.05, 0.1) is 22.7 Å². The number of nitrogens with zero attached hydrogens (tertiary/aromatic N) is 2. The number of aromatic carboxylic acids is 1. The minimum Gasteiger partial charge on any atom is -0.478 e. The molecule has 0 fully saturated rings. The Morgan fingerprint density at radius 1 is 1.14 bits per heavy atom. The van der Waals surface area contributed by atoms with Crippen molar-refractivity contribution < 1.29 is 18.7 Å². The molecule has 0 saturated heterocycles. The van der Waals surface area contributed by atoms with E-state index in [1.165, 1.54) is 18.2 Å². The van der Waals surface area contributed by atoms with Crippen LogP contribution in [0, 0.1) is 19.7 Å². The maximum atomic E-state index is 14.6. The fraction of sp³-hybridized carbons (Fsp3) is 0.148. The van der Waals surface area contributed by atoms with Crippen molar-refractivity contribution in [3.05, 3.63) is 99.3 Å². The monoisotopic (exact) mass is 471 g/mol. The topological polar surface area (TPSA) is 96.8 Å². The number of anilines is 1. The highest BCUT2D eigenvalue weighted by atomic mass is 19.1. The van der Waals surface area contributed by atoms with Gasteiger partial charge in [-0.25, -0.2) is 14.2 Å². The van der Waals surface area contributed by atoms with Crippen molar-refractivity contribution in [2.24, 2.45) is 0 Å². The molecule has 8 heteroatoms. The molecule has 5 rings (SSSR count). The normalized spacial score (nSPS) is 12.2. The SMILES string of the molecule is Cc1cn2cc(-c3oc4c(C(C)Nc5ccccc5C(=O)O)cc(F)cc4c(=O)c3C)ccc2n1. The number of fused-ring (bicyclic) bond motifs is 2. The average molecular weight is 471 g/mol. The molecule has 176 valence electrons. The number of aromatic nitrogens is 2. The fourth-order valence-electron chi connectivity index (χ4n) is 4.34. The Hall–Kier alpha value is -4.46. The Morgan fingerprint density at radius 2 is 1.91 bits per heavy atom. The summed E-state index contributed by atoms with van der Waals surface area (Å²) in [5, 5.41) is 12.8. The van der Waals surface area contributed by atoms with Gasteiger partial charge >= 0.3 is 5.97 Å². The molecule has 0 aliphatic heterocycles. The summed E-state index contributed by atoms with van der Waals surface area (Å²) in [5.41, 5.74) is 3.44. The van der Waals surface area contributed by atoms with Crippen molar-refractivity contribution >= 4 is 28.3 Å². The van der Waals surface area contributed by atoms with Gasteiger partial charge in [0.2, 0.25) is 0 Å². The summed E-state index contributed by atoms with van der Waals surface area (Å²) in [5.74, 6) is -1.29. The van der Waals surface area contributed by atoms with Crippen LogP contribution in [0.25, 0.3) is 27.9 Å². The molecule has 2 N–H and O–H groups in total. The lowest BCUT2D eigenvalue weighted by Crippen LogP contribution is -2.14. The Balaban J connectivity index is 1.68. The van der Waals surface area contributed by atoms with E-state index < -0.39 is 17.8 Å². The number of carbonyl (C=O) groups is 1. The van der Waals surface area contributed by atoms with Gasteiger partial charge in [-0.1, -0.05) is 12.1 Å². The number of rotatable bonds is 5. The molecule has 5 aromatic rings. The zero-order chi connectivity index (χ0) is 24.9. The van der Waals surface area contributed by atoms with Crippen LogP contribution in [-0.2, 0) is 0 Å². The van der Waals surface area contributed by atoms with Crippen molar-refractivity contribution in [3.63, 3.8) is 0 Å². The Bertz CT molecular complexity index is 1690. The van der Waals surface area contributed by atoms with Crippen LogP contribution in [-0.4, -0.2) is 20.5 Å². The lowest BCUT2D eigenvalue weighted by atomic mass is 10.0. The predicted octanol–water partition coefficient (Wildman–Crippen LogP) is 5.73. The number of imidazole rings is 1. The van der Waals surface area contributed by atoms with Crippen molar-refractivity contribution in [1.29, 1.82) is 0 Å². The number of nitrogens with one attached hydrogen (secondary N) is 1. The zero-order valence-corrected chi connectivity index (χ0v) is 19.3. The highest BCUT2D eigenvalue weighted by Gasteiger charge is 2.21. The van der Waals surface area contributed by atoms with E-state index in [1.54, 1.807) is 32.0 Å². The highest BCUT2D eigenvalue weighted by Crippen LogP contribution is 2.32. The lowest BCUT2D eigenvalue weighted by molar-refractivity contribution is 0.0698. The number of aryl methyl sites for hydroxylation is 1. The molecule has 0 spiro atoms. The summed E-state index contributed by atoms with van der Waals surface area (Å²) >= 11 is 0. The number of pyridine rings is 1. The molecule has 1 unspecified atom stereocenters. The summed E-state index contributed by atoms with van der Waals surface area (Å²) in [6.07, 6.45) is 3.71. The average Bonchev–Trinajstić information content (AvgIpc) is 3.20. The van der Waals surface area contributed by atoms with Gasteiger partial charge in [-0.3, -0.25) is 4.79 Å². The van der Waals surface area contributed by atoms with Crippen molar-refractivity contribution in [3.8, 4) is 11.3 Å². The molecular weight excluding hydrogens is 449 g/mol. The number of hydrogen-bond acceptors (Lipinski definition) is 5. The van der Waals surface area contributed by atoms with Crippen molar-refractivity contribution in [1.82, 2.24) is 9.38 Å². The van der Waals surface area contributed by atoms with Crippen LogP contribution in [0.5, 0.6) is 0 Å². The van der Waals surface area contributed by atoms with Crippen LogP contribution in [0.3, 0.4) is 0 Å². The van der Waals surface area contributed by atoms with E-state index in [0.717, 1.165) is 11.3 Å². The van der Waals surface area contributed by atoms with E-state index in [2.05, 4.69) is 10.3 Å². The van der Waals surface area contributed by atoms with E-state index in [9.17, 15) is 19.1 Å². The van der Waals surface area contributed by atoms with Crippen molar-refractivity contribution in [2.75, 3.05) is 5.32 Å². The smallest absolute Gasteiger partial charge is 0.337 e. The Morgan fingerprint density at radius 3 is 2.69 bits per heavy atom. The number of hydrogen-bond donors (Lipinski definition) is 2. The van der Waals surface area contributed by atoms with Crippen LogP contribution >= 0.6 is 0 Å². The van der Waals surface area contributed by atoms with E-state index >= 15 is 0 Å². The minimum atomic E-state index is -1.08. The first-order valence-electron chi connectivity index (χ1n) is 11.0. The first-order valence-corrected chi connectivity index (χ1v) is 11.0. The Labute approximate surface area is 199 Å². The standard InChI is InChI=1S/C27H22FN3O4/c1-14-12-31-13-17(8-9-23(31)29-14)25-15(2)24(32)21-11-18(28)10-20(26(21)35-25)16(3)30-22-7-5-4-6-19(22)27(33)34/h4-13,16,30H,1-3H3,(H,33,34). The molecule has 0 radical (unpaired) electrons. The second-order valence-electron chi connectivity index (χ2n) is 8.54. The highest BCUT2D eigenvalue weighted by molar-refractivity contribution is 5.94. The van der Waals surface area contributed by atoms with Crippen LogP contribution < -0.4 is 10.7 Å². The third kappa shape index (κ3) is 3.93. The van der Waals surface area contributed by atoms with Gasteiger partial charge in [-0.05, 0) is 57.2 Å². The first-order chi connectivity index (χ1) is 16.7. The van der Waals surface area contributed by atoms with Crippen LogP contribution in [0.2, 0.25) is 0 Å². The van der Waals surface area contributed by atoms with E-state index in [-0.39, 0.29) is 22.0 Å². The summed E-state index contributed by atoms with van der Waals surface area (Å²) in [6, 6.07) is 12.0. The quantitative estimate of drug-likeness (QED) is 0.340. The van der Waals surface area contributed by atoms with Gasteiger partial charge in [-0.15, -0.1) is 0 Å². The maximum absolute atomic E-state index is 14.6. The maximum Gasteiger partial charge on any atom is 0.337 e. The third-order valence-corrected chi connectivity index (χ3v) is 6.04. The van der Waals surface area contributed by atoms with Gasteiger partial charge in [0.15, 0.2) is 5.43 Å². The van der Waals surface area contributed by atoms with E-state index in [4.69, 9.17) is 4.42 Å². The molecule has 3 heterocycles. The molecule has 0 bridgehead atoms. The second kappa shape index (κ2) is 8.39. The molecule has 35 heavy (non-hydrogen) atoms. The lowest BCUT2D eigenvalue weighted by Gasteiger charge is -2.19. The van der Waals surface area contributed by atoms with Crippen LogP contribution in [0.4, 0.5) is 10.1 Å². The predicted molar refractivity (Wildman–Crippen MR) is 132 cm³/mol. The van der Waals surface area contributed by atoms with E-state index in [1.807, 2.05) is 35.9 Å². The summed E-state index contributed by atoms with van der Waals surface area (Å²) in [4.78, 5) is 29.3. The van der Waals surface area contributed by atoms with Gasteiger partial charge in [0, 0.05) is 34.8 Å². The van der Waals surface area contributed by atoms with Crippen LogP contribution in [0.15, 0.2) is 70.1 Å². The minimum absolute atomic E-state index is 0.0852. The summed E-state index contributed by atoms with van der Waals surface area (Å²) < 4.78 is 22.7. The summed E-state index contributed by atoms with van der Waals surface area (Å²) in [6.45, 7) is 5.30. The molecule has 0 amide bonds. The van der Waals surface area contributed by atoms with Gasteiger partial charge < -0.3 is 19.2 Å². The van der Waals surface area contributed by atoms with E-state index in [0.29, 0.717) is 28.1 Å². The molecular formula is C27H22FN3O4. The molecule has 7 nitrogen and oxygen atoms in total. The molecule has 1 atom stereocenters. The molecule has 3 aromatic heterocycles. The fourth-order valence-corrected chi connectivity index (χ4v) is 4.34. The van der Waals surface area contributed by atoms with Gasteiger partial charge in [-0.2, -0.15) is 0 Å². The van der Waals surface area contributed by atoms with Crippen molar-refractivity contribution in [2.45, 2.75) is 26.8 Å². The number of carboxylic acid groups (broad SMARTS) is 1. The van der Waals surface area contributed by atoms with Gasteiger partial charge in [0.25, 0.3) is 0 Å². The Kier molecular flexibility index (Phi) is 5.36. The van der Waals surface area contributed by atoms with Gasteiger partial charge in [0.1, 0.15) is 22.8 Å². The third-order valence-electron chi connectivity index (χ3n) is 6.04. The molecule has 2 aromatic carbocycles. The number of halogens is 1. The number of carboxylic acids is 1. The number of para-hydroxylation sites is 1. The largest absolute Gasteiger partial charge is 0.478 e. The molecule has 0 aliphatic carbocycles. The molecule has 0 saturated carbocycles. The molecule has 0 aliphatic rings. The first kappa shape index (κ1) is 22.3. The number of benzene rings is 2. The summed E-state index contributed by atoms with van der Waals surface area (Å²) in [7, 11) is 0.